The third kappa shape index (κ3) is 6.37. The number of nitrogens with zero attached hydrogens (tertiary/aromatic N) is 2. The predicted octanol–water partition coefficient (Wildman–Crippen LogP) is 1.82. The Bertz CT molecular complexity index is 266. The number of rotatable bonds is 6. The van der Waals surface area contributed by atoms with Crippen LogP contribution in [0.5, 0.6) is 0 Å². The van der Waals surface area contributed by atoms with Crippen molar-refractivity contribution in [2.24, 2.45) is 5.73 Å². The van der Waals surface area contributed by atoms with E-state index >= 15 is 0 Å². The highest BCUT2D eigenvalue weighted by Crippen LogP contribution is 2.16. The van der Waals surface area contributed by atoms with Gasteiger partial charge in [-0.05, 0) is 14.1 Å². The Kier molecular flexibility index (Phi) is 8.46. The lowest BCUT2D eigenvalue weighted by Crippen LogP contribution is -2.10. The van der Waals surface area contributed by atoms with Crippen LogP contribution in [0.25, 0.3) is 0 Å². The summed E-state index contributed by atoms with van der Waals surface area (Å²) in [5.74, 6) is 2.00. The summed E-state index contributed by atoms with van der Waals surface area (Å²) < 4.78 is 0. The second-order valence-electron chi connectivity index (χ2n) is 3.31. The van der Waals surface area contributed by atoms with Crippen LogP contribution in [-0.2, 0) is 12.3 Å². The third-order valence-corrected chi connectivity index (χ3v) is 3.47. The van der Waals surface area contributed by atoms with Crippen LogP contribution in [-0.4, -0.2) is 36.3 Å². The van der Waals surface area contributed by atoms with E-state index in [-0.39, 0.29) is 12.4 Å². The van der Waals surface area contributed by atoms with Gasteiger partial charge in [0.05, 0.1) is 5.69 Å². The van der Waals surface area contributed by atoms with Gasteiger partial charge in [0.25, 0.3) is 0 Å². The maximum absolute atomic E-state index is 5.42. The van der Waals surface area contributed by atoms with E-state index in [4.69, 9.17) is 5.73 Å². The molecule has 1 heterocycles. The maximum Gasteiger partial charge on any atom is 0.107 e. The number of hydrogen-bond acceptors (Lipinski definition) is 5. The first-order chi connectivity index (χ1) is 6.72. The van der Waals surface area contributed by atoms with E-state index in [2.05, 4.69) is 29.4 Å². The van der Waals surface area contributed by atoms with Crippen LogP contribution in [0.1, 0.15) is 10.7 Å². The van der Waals surface area contributed by atoms with Gasteiger partial charge in [-0.25, -0.2) is 4.98 Å². The van der Waals surface area contributed by atoms with Crippen LogP contribution >= 0.6 is 35.5 Å². The van der Waals surface area contributed by atoms with Crippen molar-refractivity contribution in [3.63, 3.8) is 0 Å². The Hall–Kier alpha value is 0.190. The van der Waals surface area contributed by atoms with Crippen molar-refractivity contribution < 1.29 is 0 Å². The van der Waals surface area contributed by atoms with Crippen molar-refractivity contribution in [3.8, 4) is 0 Å². The van der Waals surface area contributed by atoms with Gasteiger partial charge in [-0.1, -0.05) is 0 Å². The minimum atomic E-state index is 0. The molecule has 3 nitrogen and oxygen atoms in total. The standard InChI is InChI=1S/C9H17N3S2.ClH/c1-12(2)5-9-11-8(7-14-9)6-13-4-3-10;/h7H,3-6,10H2,1-2H3;1H. The normalized spacial score (nSPS) is 10.4. The van der Waals surface area contributed by atoms with Crippen LogP contribution < -0.4 is 5.73 Å². The molecule has 88 valence electrons. The SMILES string of the molecule is CN(C)Cc1nc(CSCCN)cs1.Cl. The highest BCUT2D eigenvalue weighted by Gasteiger charge is 2.02. The molecule has 15 heavy (non-hydrogen) atoms. The quantitative estimate of drug-likeness (QED) is 0.799. The third-order valence-electron chi connectivity index (χ3n) is 1.56. The van der Waals surface area contributed by atoms with Crippen LogP contribution in [0.15, 0.2) is 5.38 Å². The van der Waals surface area contributed by atoms with E-state index in [1.807, 2.05) is 11.8 Å². The van der Waals surface area contributed by atoms with E-state index in [1.165, 1.54) is 10.7 Å². The lowest BCUT2D eigenvalue weighted by atomic mass is 10.5. The van der Waals surface area contributed by atoms with Gasteiger partial charge in [0.15, 0.2) is 0 Å². The fourth-order valence-corrected chi connectivity index (χ4v) is 2.70. The highest BCUT2D eigenvalue weighted by atomic mass is 35.5. The molecular formula is C9H18ClN3S2. The fraction of sp³-hybridized carbons (Fsp3) is 0.667. The molecule has 0 aliphatic heterocycles. The summed E-state index contributed by atoms with van der Waals surface area (Å²) in [4.78, 5) is 6.67. The smallest absolute Gasteiger partial charge is 0.107 e. The molecule has 0 atom stereocenters. The first-order valence-corrected chi connectivity index (χ1v) is 6.61. The summed E-state index contributed by atoms with van der Waals surface area (Å²) >= 11 is 3.58. The largest absolute Gasteiger partial charge is 0.330 e. The summed E-state index contributed by atoms with van der Waals surface area (Å²) in [7, 11) is 4.12. The zero-order chi connectivity index (χ0) is 10.4. The lowest BCUT2D eigenvalue weighted by Gasteiger charge is -2.04. The van der Waals surface area contributed by atoms with Gasteiger partial charge in [0.1, 0.15) is 5.01 Å². The van der Waals surface area contributed by atoms with Crippen LogP contribution in [0.3, 0.4) is 0 Å². The van der Waals surface area contributed by atoms with Gasteiger partial charge in [0, 0.05) is 30.0 Å². The Labute approximate surface area is 106 Å². The molecule has 6 heteroatoms. The van der Waals surface area contributed by atoms with E-state index in [9.17, 15) is 0 Å². The van der Waals surface area contributed by atoms with Crippen molar-refractivity contribution >= 4 is 35.5 Å². The monoisotopic (exact) mass is 267 g/mol. The topological polar surface area (TPSA) is 42.2 Å². The minimum absolute atomic E-state index is 0. The van der Waals surface area contributed by atoms with Gasteiger partial charge >= 0.3 is 0 Å². The van der Waals surface area contributed by atoms with Gasteiger partial charge in [-0.3, -0.25) is 0 Å². The summed E-state index contributed by atoms with van der Waals surface area (Å²) in [5.41, 5.74) is 6.60. The highest BCUT2D eigenvalue weighted by molar-refractivity contribution is 7.98. The molecule has 0 unspecified atom stereocenters. The summed E-state index contributed by atoms with van der Waals surface area (Å²) in [6.07, 6.45) is 0. The van der Waals surface area contributed by atoms with Gasteiger partial charge < -0.3 is 10.6 Å². The van der Waals surface area contributed by atoms with Gasteiger partial charge in [-0.15, -0.1) is 23.7 Å². The first kappa shape index (κ1) is 15.2. The summed E-state index contributed by atoms with van der Waals surface area (Å²) in [6.45, 7) is 1.69. The van der Waals surface area contributed by atoms with Crippen LogP contribution in [0.2, 0.25) is 0 Å². The van der Waals surface area contributed by atoms with Crippen molar-refractivity contribution in [3.05, 3.63) is 16.1 Å². The molecule has 0 saturated heterocycles. The molecule has 1 aromatic heterocycles. The Morgan fingerprint density at radius 2 is 2.27 bits per heavy atom. The van der Waals surface area contributed by atoms with E-state index in [0.29, 0.717) is 0 Å². The molecular weight excluding hydrogens is 250 g/mol. The Morgan fingerprint density at radius 3 is 2.87 bits per heavy atom. The number of aromatic nitrogens is 1. The van der Waals surface area contributed by atoms with E-state index in [0.717, 1.165) is 24.6 Å². The first-order valence-electron chi connectivity index (χ1n) is 4.58. The van der Waals surface area contributed by atoms with Gasteiger partial charge in [-0.2, -0.15) is 11.8 Å². The predicted molar refractivity (Wildman–Crippen MR) is 72.0 cm³/mol. The Balaban J connectivity index is 0.00000196. The van der Waals surface area contributed by atoms with Crippen molar-refractivity contribution in [2.45, 2.75) is 12.3 Å². The molecule has 0 aliphatic carbocycles. The van der Waals surface area contributed by atoms with Gasteiger partial charge in [0.2, 0.25) is 0 Å². The van der Waals surface area contributed by atoms with Crippen molar-refractivity contribution in [1.29, 1.82) is 0 Å². The average molecular weight is 268 g/mol. The molecule has 0 spiro atoms. The molecule has 0 saturated carbocycles. The molecule has 0 amide bonds. The Morgan fingerprint density at radius 1 is 1.53 bits per heavy atom. The molecule has 1 rings (SSSR count). The minimum Gasteiger partial charge on any atom is -0.330 e. The van der Waals surface area contributed by atoms with Crippen LogP contribution in [0, 0.1) is 0 Å². The maximum atomic E-state index is 5.42. The van der Waals surface area contributed by atoms with Crippen molar-refractivity contribution in [2.75, 3.05) is 26.4 Å². The molecule has 0 fully saturated rings. The lowest BCUT2D eigenvalue weighted by molar-refractivity contribution is 0.401. The zero-order valence-electron chi connectivity index (χ0n) is 9.10. The molecule has 0 bridgehead atoms. The molecule has 0 aromatic carbocycles. The number of thioether (sulfide) groups is 1. The fourth-order valence-electron chi connectivity index (χ4n) is 1.02. The van der Waals surface area contributed by atoms with Crippen LogP contribution in [0.4, 0.5) is 0 Å². The summed E-state index contributed by atoms with van der Waals surface area (Å²) in [6, 6.07) is 0. The second-order valence-corrected chi connectivity index (χ2v) is 5.36. The number of hydrogen-bond donors (Lipinski definition) is 1. The molecule has 0 aliphatic rings. The van der Waals surface area contributed by atoms with Crippen molar-refractivity contribution in [1.82, 2.24) is 9.88 Å². The number of halogens is 1. The zero-order valence-corrected chi connectivity index (χ0v) is 11.6. The molecule has 2 N–H and O–H groups in total. The summed E-state index contributed by atoms with van der Waals surface area (Å²) in [5, 5.41) is 3.33. The average Bonchev–Trinajstić information content (AvgIpc) is 2.52. The molecule has 1 aromatic rings. The molecule has 0 radical (unpaired) electrons. The number of nitrogens with two attached hydrogens (primary N) is 1. The van der Waals surface area contributed by atoms with E-state index in [1.54, 1.807) is 11.3 Å². The number of thiazole rings is 1. The second kappa shape index (κ2) is 8.35. The van der Waals surface area contributed by atoms with E-state index < -0.39 is 0 Å².